The lowest BCUT2D eigenvalue weighted by Gasteiger charge is -2.24. The molecule has 6 heterocycles. The Hall–Kier alpha value is -8.43. The summed E-state index contributed by atoms with van der Waals surface area (Å²) >= 11 is 15.6. The molecule has 111 heavy (non-hydrogen) atoms. The van der Waals surface area contributed by atoms with E-state index in [0.717, 1.165) is 0 Å². The second-order valence-corrected chi connectivity index (χ2v) is 34.3. The largest absolute Gasteiger partial charge is 0.463 e. The first kappa shape index (κ1) is 89.8. The lowest BCUT2D eigenvalue weighted by molar-refractivity contribution is -0.152. The van der Waals surface area contributed by atoms with E-state index in [1.54, 1.807) is 174 Å². The molecule has 0 amide bonds. The zero-order chi connectivity index (χ0) is 82.0. The topological polar surface area (TPSA) is 400 Å². The maximum atomic E-state index is 13.8. The smallest absolute Gasteiger partial charge is 0.380 e. The van der Waals surface area contributed by atoms with Gasteiger partial charge in [-0.3, -0.25) is 71.0 Å². The fraction of sp³-hybridized carbons (Fsp3) is 0.500. The summed E-state index contributed by atoms with van der Waals surface area (Å²) in [5.74, 6) is -3.26. The van der Waals surface area contributed by atoms with Crippen molar-refractivity contribution in [1.29, 1.82) is 0 Å². The van der Waals surface area contributed by atoms with Crippen LogP contribution in [0.2, 0.25) is 0 Å². The Bertz CT molecular complexity index is 4390. The van der Waals surface area contributed by atoms with Crippen LogP contribution in [0.15, 0.2) is 124 Å². The number of para-hydroxylation sites is 3. The number of carbonyl (C=O) groups excluding carboxylic acids is 3. The number of aliphatic hydroxyl groups excluding tert-OH is 3. The standard InChI is InChI=1S/3C24H30N3O8PS/c3*1-14(2)33-23(30)16(4)13-36(31,35-17-9-7-6-8-10-17)32-12-18-20(28)19(25-5)22(34-18)27-11-15(3)21(29)26-24(27)37/h3*6-11,14,16,18-20,22,28H,12-13H2,1-4H3,(H,26,29,37)/t16-,18+,19-,20?,22+,36?;16-,18+,19-,20?,22+,36+;16-,18+,19-,20?,22+,36-/m111/s1. The number of aromatic amines is 3. The predicted octanol–water partition coefficient (Wildman–Crippen LogP) is 10.9. The quantitative estimate of drug-likeness (QED) is 0.00802. The van der Waals surface area contributed by atoms with Gasteiger partial charge < -0.3 is 71.8 Å². The number of nitrogens with zero attached hydrogens (tertiary/aromatic N) is 6. The molecule has 3 saturated heterocycles. The van der Waals surface area contributed by atoms with Gasteiger partial charge in [0, 0.05) is 35.3 Å². The van der Waals surface area contributed by atoms with Crippen LogP contribution in [0.1, 0.15) is 97.7 Å². The van der Waals surface area contributed by atoms with Gasteiger partial charge >= 0.3 is 40.7 Å². The number of nitrogens with one attached hydrogen (secondary N) is 3. The van der Waals surface area contributed by atoms with E-state index >= 15 is 0 Å². The fourth-order valence-corrected chi connectivity index (χ4v) is 17.5. The van der Waals surface area contributed by atoms with Gasteiger partial charge in [0.2, 0.25) is 18.7 Å². The maximum absolute atomic E-state index is 13.8. The molecule has 3 aromatic carbocycles. The van der Waals surface area contributed by atoms with Crippen LogP contribution in [-0.4, -0.2) is 173 Å². The Morgan fingerprint density at radius 2 is 0.667 bits per heavy atom. The molecule has 39 heteroatoms. The van der Waals surface area contributed by atoms with Crippen LogP contribution >= 0.6 is 59.4 Å². The molecular weight excluding hydrogens is 1560 g/mol. The van der Waals surface area contributed by atoms with E-state index < -0.39 is 152 Å². The number of ether oxygens (including phenoxy) is 6. The van der Waals surface area contributed by atoms with E-state index in [-0.39, 0.29) is 85.0 Å². The number of hydrogen-bond acceptors (Lipinski definition) is 27. The zero-order valence-corrected chi connectivity index (χ0v) is 67.8. The number of carbonyl (C=O) groups is 3. The first-order valence-electron chi connectivity index (χ1n) is 34.9. The van der Waals surface area contributed by atoms with Crippen molar-refractivity contribution < 1.29 is 99.0 Å². The number of esters is 3. The molecule has 600 valence electrons. The van der Waals surface area contributed by atoms with Crippen LogP contribution in [0.5, 0.6) is 17.2 Å². The summed E-state index contributed by atoms with van der Waals surface area (Å²) in [5.41, 5.74) is -0.0797. The van der Waals surface area contributed by atoms with Gasteiger partial charge in [0.15, 0.2) is 32.6 Å². The van der Waals surface area contributed by atoms with Crippen molar-refractivity contribution in [2.24, 2.45) is 17.8 Å². The third kappa shape index (κ3) is 24.8. The number of aliphatic hydroxyl groups is 3. The molecular formula is C72H90N9O24P3S3. The molecule has 0 aliphatic carbocycles. The number of benzene rings is 3. The summed E-state index contributed by atoms with van der Waals surface area (Å²) in [6.45, 7) is 41.1. The highest BCUT2D eigenvalue weighted by atomic mass is 32.1. The maximum Gasteiger partial charge on any atom is 0.380 e. The molecule has 9 rings (SSSR count). The Kier molecular flexibility index (Phi) is 32.6. The van der Waals surface area contributed by atoms with Gasteiger partial charge in [-0.2, -0.15) is 0 Å². The molecule has 0 spiro atoms. The molecule has 0 bridgehead atoms. The van der Waals surface area contributed by atoms with E-state index in [2.05, 4.69) is 29.5 Å². The Morgan fingerprint density at radius 1 is 0.441 bits per heavy atom. The third-order valence-corrected chi connectivity index (χ3v) is 23.8. The molecule has 6 aromatic rings. The minimum Gasteiger partial charge on any atom is -0.463 e. The minimum atomic E-state index is -3.96. The SMILES string of the molecule is [C-]#[N+][C@@H]1C(O)[C@H](COP(=O)(C[C@@H](C)C(=O)OC(C)C)Oc2ccccc2)O[C@@H]1n1cc(C)c(=O)[nH]c1=S.[C-]#[N+][C@@H]1C(O)[C@H](CO[P@@](=O)(C[C@@H](C)C(=O)OC(C)C)Oc2ccccc2)O[C@@H]1n1cc(C)c(=O)[nH]c1=S.[C-]#[N+][C@@H]1C(O)[C@H](CO[P@](=O)(C[C@@H](C)C(=O)OC(C)C)Oc2ccccc2)O[C@@H]1n1cc(C)c(=O)[nH]c1=S. The van der Waals surface area contributed by atoms with Crippen LogP contribution in [0.4, 0.5) is 0 Å². The van der Waals surface area contributed by atoms with Gasteiger partial charge in [-0.1, -0.05) is 75.4 Å². The van der Waals surface area contributed by atoms with Crippen LogP contribution in [0, 0.1) is 72.6 Å². The second kappa shape index (κ2) is 40.3. The highest BCUT2D eigenvalue weighted by molar-refractivity contribution is 7.71. The van der Waals surface area contributed by atoms with Crippen molar-refractivity contribution in [2.45, 2.75) is 175 Å². The lowest BCUT2D eigenvalue weighted by atomic mass is 10.1. The van der Waals surface area contributed by atoms with Gasteiger partial charge in [-0.15, -0.1) is 0 Å². The average Bonchev–Trinajstić information content (AvgIpc) is 1.65. The van der Waals surface area contributed by atoms with Gasteiger partial charge in [-0.25, -0.2) is 33.4 Å². The van der Waals surface area contributed by atoms with Crippen LogP contribution in [0.3, 0.4) is 0 Å². The van der Waals surface area contributed by atoms with Crippen molar-refractivity contribution in [3.8, 4) is 17.2 Å². The molecule has 3 aliphatic rings. The molecule has 33 nitrogen and oxygen atoms in total. The molecule has 4 unspecified atom stereocenters. The molecule has 0 radical (unpaired) electrons. The van der Waals surface area contributed by atoms with E-state index in [4.69, 9.17) is 112 Å². The first-order valence-corrected chi connectivity index (χ1v) is 41.3. The Morgan fingerprint density at radius 3 is 0.874 bits per heavy atom. The lowest BCUT2D eigenvalue weighted by Crippen LogP contribution is -2.32. The van der Waals surface area contributed by atoms with Crippen molar-refractivity contribution in [3.63, 3.8) is 0 Å². The highest BCUT2D eigenvalue weighted by Gasteiger charge is 2.54. The normalized spacial score (nSPS) is 23.7. The van der Waals surface area contributed by atoms with Crippen molar-refractivity contribution in [3.05, 3.63) is 206 Å². The fourth-order valence-electron chi connectivity index (χ4n) is 11.1. The molecule has 3 aromatic heterocycles. The minimum absolute atomic E-state index is 0.0265. The van der Waals surface area contributed by atoms with Crippen molar-refractivity contribution in [2.75, 3.05) is 38.3 Å². The number of aromatic nitrogens is 6. The van der Waals surface area contributed by atoms with Crippen LogP contribution in [-0.2, 0) is 70.1 Å². The van der Waals surface area contributed by atoms with E-state index in [1.165, 1.54) is 32.3 Å². The van der Waals surface area contributed by atoms with Gasteiger partial charge in [0.1, 0.15) is 35.6 Å². The number of hydrogen-bond donors (Lipinski definition) is 6. The Labute approximate surface area is 655 Å². The molecule has 3 fully saturated rings. The van der Waals surface area contributed by atoms with E-state index in [0.29, 0.717) is 16.7 Å². The number of aryl methyl sites for hydroxylation is 3. The predicted molar refractivity (Wildman–Crippen MR) is 410 cm³/mol. The average molecular weight is 1650 g/mol. The van der Waals surface area contributed by atoms with Crippen molar-refractivity contribution >= 4 is 77.3 Å². The van der Waals surface area contributed by atoms with Crippen LogP contribution in [0.25, 0.3) is 14.5 Å². The van der Waals surface area contributed by atoms with Crippen LogP contribution < -0.4 is 30.2 Å². The number of rotatable bonds is 30. The van der Waals surface area contributed by atoms with Crippen molar-refractivity contribution in [1.82, 2.24) is 28.7 Å². The molecule has 18 atom stereocenters. The molecule has 6 N–H and O–H groups in total. The van der Waals surface area contributed by atoms with Gasteiger partial charge in [-0.05, 0) is 135 Å². The van der Waals surface area contributed by atoms with Gasteiger partial charge in [0.25, 0.3) is 34.8 Å². The number of H-pyrrole nitrogens is 3. The van der Waals surface area contributed by atoms with E-state index in [1.807, 2.05) is 0 Å². The zero-order valence-electron chi connectivity index (χ0n) is 62.7. The molecule has 3 aliphatic heterocycles. The second-order valence-electron chi connectivity index (χ2n) is 27.1. The van der Waals surface area contributed by atoms with Gasteiger partial charge in [0.05, 0.1) is 74.4 Å². The summed E-state index contributed by atoms with van der Waals surface area (Å²) in [6.07, 6.45) is -7.73. The molecule has 0 saturated carbocycles. The first-order chi connectivity index (χ1) is 52.3. The summed E-state index contributed by atoms with van der Waals surface area (Å²) in [7, 11) is -11.9. The Balaban J connectivity index is 0.000000231. The summed E-state index contributed by atoms with van der Waals surface area (Å²) in [5, 5.41) is 32.4. The third-order valence-electron chi connectivity index (χ3n) is 16.7. The monoisotopic (exact) mass is 1650 g/mol. The highest BCUT2D eigenvalue weighted by Crippen LogP contribution is 2.54. The summed E-state index contributed by atoms with van der Waals surface area (Å²) in [4.78, 5) is 90.7. The summed E-state index contributed by atoms with van der Waals surface area (Å²) in [6, 6.07) is 21.8. The van der Waals surface area contributed by atoms with E-state index in [9.17, 15) is 57.8 Å². The summed E-state index contributed by atoms with van der Waals surface area (Å²) < 4.78 is 113.